The molecule has 0 spiro atoms. The van der Waals surface area contributed by atoms with E-state index >= 15 is 0 Å². The number of ketones is 1. The number of carbonyl (C=O) groups excluding carboxylic acids is 7. The molecule has 0 bridgehead atoms. The number of thiol groups is 1. The number of aliphatic carboxylic acids is 1. The zero-order chi connectivity index (χ0) is 37.7. The minimum Gasteiger partial charge on any atom is -0.481 e. The van der Waals surface area contributed by atoms with Crippen molar-refractivity contribution in [2.75, 3.05) is 12.8 Å². The molecule has 0 radical (unpaired) electrons. The maximum Gasteiger partial charge on any atom is 0.305 e. The molecule has 274 valence electrons. The van der Waals surface area contributed by atoms with Crippen molar-refractivity contribution in [1.82, 2.24) is 31.2 Å². The van der Waals surface area contributed by atoms with E-state index in [1.54, 1.807) is 27.0 Å². The van der Waals surface area contributed by atoms with Crippen molar-refractivity contribution < 1.29 is 43.5 Å². The second-order valence-electron chi connectivity index (χ2n) is 12.2. The first-order valence-electron chi connectivity index (χ1n) is 16.2. The number of fused-ring (bicyclic) bond motifs is 1. The number of primary amides is 1. The van der Waals surface area contributed by atoms with E-state index in [2.05, 4.69) is 38.9 Å². The van der Waals surface area contributed by atoms with Gasteiger partial charge in [-0.25, -0.2) is 0 Å². The van der Waals surface area contributed by atoms with Crippen molar-refractivity contribution in [3.05, 3.63) is 36.0 Å². The van der Waals surface area contributed by atoms with E-state index in [4.69, 9.17) is 5.73 Å². The van der Waals surface area contributed by atoms with Gasteiger partial charge in [0.1, 0.15) is 24.2 Å². The molecule has 8 N–H and O–H groups in total. The lowest BCUT2D eigenvalue weighted by Gasteiger charge is -2.30. The Morgan fingerprint density at radius 3 is 2.10 bits per heavy atom. The predicted molar refractivity (Wildman–Crippen MR) is 187 cm³/mol. The number of para-hydroxylation sites is 1. The molecule has 1 heterocycles. The molecule has 0 saturated carbocycles. The Balaban J connectivity index is 2.20. The number of hydrogen-bond donors (Lipinski definition) is 8. The zero-order valence-corrected chi connectivity index (χ0v) is 29.7. The summed E-state index contributed by atoms with van der Waals surface area (Å²) in [5.74, 6) is -6.88. The van der Waals surface area contributed by atoms with Crippen LogP contribution >= 0.6 is 12.6 Å². The van der Waals surface area contributed by atoms with Crippen molar-refractivity contribution in [2.24, 2.45) is 11.7 Å². The average molecular weight is 718 g/mol. The molecular formula is C33H47N7O9S. The standard InChI is InChI=1S/C33H47N7O9S/c1-6-27(43)36-23(13-19-15-35-21-10-8-7-9-20(19)21)33(49)40(5)18(4)30(46)37-22(14-28(44)45)31(47)39-29(17(2)3)32(48)38-24(16-50)25(41)11-12-26(34)42/h7-10,15,17-18,22-24,29,35,50H,6,11-14,16H2,1-5H3,(H2,34,42)(H,36,43)(H,37,46)(H,38,48)(H,39,47)(H,44,45)/t18-,22+,23-,24-,29-/m0/s1. The SMILES string of the molecule is CCC(=O)N[C@@H](Cc1c[nH]c2ccccc12)C(=O)N(C)[C@@H](C)C(=O)N[C@H](CC(=O)O)C(=O)N[C@H](C(=O)N[C@@H](CS)C(=O)CCC(N)=O)C(C)C. The number of nitrogens with one attached hydrogen (secondary N) is 5. The Kier molecular flexibility index (Phi) is 15.9. The Morgan fingerprint density at radius 2 is 1.52 bits per heavy atom. The second-order valence-corrected chi connectivity index (χ2v) is 12.6. The van der Waals surface area contributed by atoms with Gasteiger partial charge >= 0.3 is 5.97 Å². The van der Waals surface area contributed by atoms with Gasteiger partial charge in [-0.1, -0.05) is 39.0 Å². The van der Waals surface area contributed by atoms with Crippen molar-refractivity contribution in [1.29, 1.82) is 0 Å². The maximum atomic E-state index is 13.7. The summed E-state index contributed by atoms with van der Waals surface area (Å²) >= 11 is 4.09. The Hall–Kier alpha value is -4.93. The van der Waals surface area contributed by atoms with E-state index in [0.29, 0.717) is 0 Å². The minimum absolute atomic E-state index is 0.102. The smallest absolute Gasteiger partial charge is 0.305 e. The van der Waals surface area contributed by atoms with Gasteiger partial charge in [0.25, 0.3) is 0 Å². The van der Waals surface area contributed by atoms with Gasteiger partial charge in [0.15, 0.2) is 5.78 Å². The number of Topliss-reactive ketones (excluding diaryl/α,β-unsaturated/α-hetero) is 1. The van der Waals surface area contributed by atoms with Crippen LogP contribution in [0.5, 0.6) is 0 Å². The Morgan fingerprint density at radius 1 is 0.880 bits per heavy atom. The molecule has 50 heavy (non-hydrogen) atoms. The van der Waals surface area contributed by atoms with Gasteiger partial charge in [0.05, 0.1) is 12.5 Å². The van der Waals surface area contributed by atoms with Crippen LogP contribution in [0.2, 0.25) is 0 Å². The molecule has 0 aliphatic carbocycles. The molecule has 17 heteroatoms. The number of carboxylic acid groups (broad SMARTS) is 1. The van der Waals surface area contributed by atoms with Crippen LogP contribution in [0.25, 0.3) is 10.9 Å². The molecule has 2 rings (SSSR count). The van der Waals surface area contributed by atoms with E-state index in [1.165, 1.54) is 14.0 Å². The van der Waals surface area contributed by atoms with Crippen LogP contribution in [0.3, 0.4) is 0 Å². The highest BCUT2D eigenvalue weighted by Gasteiger charge is 2.35. The number of carbonyl (C=O) groups is 8. The molecular weight excluding hydrogens is 670 g/mol. The van der Waals surface area contributed by atoms with Crippen molar-refractivity contribution in [2.45, 2.75) is 90.0 Å². The average Bonchev–Trinajstić information content (AvgIpc) is 3.48. The van der Waals surface area contributed by atoms with Crippen LogP contribution in [0.4, 0.5) is 0 Å². The fraction of sp³-hybridized carbons (Fsp3) is 0.515. The fourth-order valence-corrected chi connectivity index (χ4v) is 5.30. The number of aromatic nitrogens is 1. The summed E-state index contributed by atoms with van der Waals surface area (Å²) in [4.78, 5) is 105. The van der Waals surface area contributed by atoms with Crippen LogP contribution in [0.1, 0.15) is 58.9 Å². The van der Waals surface area contributed by atoms with Crippen LogP contribution in [-0.4, -0.2) is 105 Å². The number of nitrogens with two attached hydrogens (primary N) is 1. The lowest BCUT2D eigenvalue weighted by Crippen LogP contribution is -2.60. The molecule has 0 unspecified atom stereocenters. The molecule has 6 amide bonds. The quantitative estimate of drug-likeness (QED) is 0.0844. The molecule has 0 aliphatic heterocycles. The molecule has 1 aromatic carbocycles. The number of hydrogen-bond acceptors (Lipinski definition) is 9. The normalized spacial score (nSPS) is 14.1. The van der Waals surface area contributed by atoms with Crippen LogP contribution in [0, 0.1) is 5.92 Å². The van der Waals surface area contributed by atoms with Gasteiger partial charge in [0.2, 0.25) is 35.4 Å². The molecule has 0 aliphatic rings. The number of aromatic amines is 1. The van der Waals surface area contributed by atoms with Crippen molar-refractivity contribution in [3.8, 4) is 0 Å². The summed E-state index contributed by atoms with van der Waals surface area (Å²) in [6.45, 7) is 6.22. The van der Waals surface area contributed by atoms with Gasteiger partial charge in [-0.15, -0.1) is 0 Å². The topological polar surface area (TPSA) is 250 Å². The van der Waals surface area contributed by atoms with Gasteiger partial charge in [-0.2, -0.15) is 12.6 Å². The molecule has 16 nitrogen and oxygen atoms in total. The second kappa shape index (κ2) is 19.3. The van der Waals surface area contributed by atoms with Crippen LogP contribution in [0.15, 0.2) is 30.5 Å². The number of carboxylic acids is 1. The summed E-state index contributed by atoms with van der Waals surface area (Å²) in [5, 5.41) is 20.4. The number of H-pyrrole nitrogens is 1. The van der Waals surface area contributed by atoms with E-state index in [0.717, 1.165) is 21.4 Å². The highest BCUT2D eigenvalue weighted by atomic mass is 32.1. The lowest BCUT2D eigenvalue weighted by molar-refractivity contribution is -0.144. The summed E-state index contributed by atoms with van der Waals surface area (Å²) < 4.78 is 0. The number of likely N-dealkylation sites (N-methyl/N-ethyl adjacent to an activating group) is 1. The maximum absolute atomic E-state index is 13.7. The Bertz CT molecular complexity index is 1580. The third-order valence-electron chi connectivity index (χ3n) is 8.13. The van der Waals surface area contributed by atoms with Crippen molar-refractivity contribution in [3.63, 3.8) is 0 Å². The molecule has 1 aromatic heterocycles. The highest BCUT2D eigenvalue weighted by Crippen LogP contribution is 2.20. The minimum atomic E-state index is -1.65. The fourth-order valence-electron chi connectivity index (χ4n) is 5.00. The number of rotatable bonds is 20. The van der Waals surface area contributed by atoms with E-state index in [1.807, 2.05) is 24.3 Å². The molecule has 0 fully saturated rings. The number of nitrogens with zero attached hydrogens (tertiary/aromatic N) is 1. The summed E-state index contributed by atoms with van der Waals surface area (Å²) in [6.07, 6.45) is 0.655. The molecule has 0 saturated heterocycles. The van der Waals surface area contributed by atoms with E-state index in [-0.39, 0.29) is 37.3 Å². The molecule has 5 atom stereocenters. The third kappa shape index (κ3) is 11.9. The van der Waals surface area contributed by atoms with E-state index < -0.39 is 83.8 Å². The van der Waals surface area contributed by atoms with Gasteiger partial charge < -0.3 is 42.0 Å². The highest BCUT2D eigenvalue weighted by molar-refractivity contribution is 7.80. The zero-order valence-electron chi connectivity index (χ0n) is 28.8. The van der Waals surface area contributed by atoms with Gasteiger partial charge in [-0.05, 0) is 24.5 Å². The summed E-state index contributed by atoms with van der Waals surface area (Å²) in [7, 11) is 1.35. The first kappa shape index (κ1) is 41.2. The number of benzene rings is 1. The Labute approximate surface area is 295 Å². The first-order chi connectivity index (χ1) is 23.5. The largest absolute Gasteiger partial charge is 0.481 e. The monoisotopic (exact) mass is 717 g/mol. The lowest BCUT2D eigenvalue weighted by atomic mass is 10.0. The van der Waals surface area contributed by atoms with Gasteiger partial charge in [0, 0.05) is 55.6 Å². The van der Waals surface area contributed by atoms with Gasteiger partial charge in [-0.3, -0.25) is 38.4 Å². The number of amides is 6. The van der Waals surface area contributed by atoms with Crippen LogP contribution in [-0.2, 0) is 44.8 Å². The van der Waals surface area contributed by atoms with Crippen LogP contribution < -0.4 is 27.0 Å². The van der Waals surface area contributed by atoms with E-state index in [9.17, 15) is 43.5 Å². The first-order valence-corrected chi connectivity index (χ1v) is 16.8. The van der Waals surface area contributed by atoms with Crippen molar-refractivity contribution >= 4 is 70.7 Å². The molecule has 2 aromatic rings. The summed E-state index contributed by atoms with van der Waals surface area (Å²) in [6, 6.07) is 1.17. The predicted octanol–water partition coefficient (Wildman–Crippen LogP) is -0.198. The summed E-state index contributed by atoms with van der Waals surface area (Å²) in [5.41, 5.74) is 6.70. The third-order valence-corrected chi connectivity index (χ3v) is 8.49.